The fraction of sp³-hybridized carbons (Fsp3) is 0.625. The van der Waals surface area contributed by atoms with Gasteiger partial charge < -0.3 is 0 Å². The fourth-order valence-electron chi connectivity index (χ4n) is 6.68. The maximum atomic E-state index is 14.9. The molecular weight excluding hydrogens is 496 g/mol. The molecule has 0 nitrogen and oxygen atoms in total. The molecule has 0 atom stereocenters. The van der Waals surface area contributed by atoms with Crippen LogP contribution < -0.4 is 0 Å². The monoisotopic (exact) mass is 536 g/mol. The second-order valence-electron chi connectivity index (χ2n) is 11.7. The van der Waals surface area contributed by atoms with Gasteiger partial charge in [-0.05, 0) is 97.6 Å². The molecule has 4 rings (SSSR count). The molecule has 0 unspecified atom stereocenters. The van der Waals surface area contributed by atoms with E-state index >= 15 is 0 Å². The largest absolute Gasteiger partial charge is 0.207 e. The van der Waals surface area contributed by atoms with Crippen molar-refractivity contribution in [2.75, 3.05) is 0 Å². The lowest BCUT2D eigenvalue weighted by Crippen LogP contribution is -2.18. The van der Waals surface area contributed by atoms with Crippen molar-refractivity contribution < 1.29 is 17.6 Å². The first-order valence-electron chi connectivity index (χ1n) is 14.4. The minimum Gasteiger partial charge on any atom is -0.207 e. The molecule has 2 aromatic rings. The smallest absolute Gasteiger partial charge is 0.145 e. The van der Waals surface area contributed by atoms with Crippen LogP contribution in [0.4, 0.5) is 17.6 Å². The van der Waals surface area contributed by atoms with Gasteiger partial charge in [0.2, 0.25) is 0 Å². The van der Waals surface area contributed by atoms with Gasteiger partial charge in [-0.2, -0.15) is 0 Å². The van der Waals surface area contributed by atoms with Gasteiger partial charge in [-0.1, -0.05) is 76.3 Å². The van der Waals surface area contributed by atoms with Crippen LogP contribution in [-0.4, -0.2) is 0 Å². The van der Waals surface area contributed by atoms with Gasteiger partial charge in [0, 0.05) is 5.56 Å². The Hall–Kier alpha value is -1.55. The summed E-state index contributed by atoms with van der Waals surface area (Å²) in [7, 11) is 0. The number of benzene rings is 2. The van der Waals surface area contributed by atoms with Gasteiger partial charge in [-0.25, -0.2) is 17.6 Å². The molecule has 0 radical (unpaired) electrons. The molecule has 0 spiro atoms. The molecule has 2 fully saturated rings. The summed E-state index contributed by atoms with van der Waals surface area (Å²) in [6.07, 6.45) is 16.8. The molecule has 0 N–H and O–H groups in total. The summed E-state index contributed by atoms with van der Waals surface area (Å²) in [6, 6.07) is 5.19. The zero-order valence-corrected chi connectivity index (χ0v) is 22.9. The highest BCUT2D eigenvalue weighted by atomic mass is 35.5. The van der Waals surface area contributed by atoms with E-state index in [-0.39, 0.29) is 24.3 Å². The number of hydrogen-bond acceptors (Lipinski definition) is 0. The third kappa shape index (κ3) is 7.74. The fourth-order valence-corrected chi connectivity index (χ4v) is 6.79. The molecular formula is C32H41ClF4. The number of rotatable bonds is 10. The van der Waals surface area contributed by atoms with Crippen molar-refractivity contribution in [3.8, 4) is 0 Å². The first-order chi connectivity index (χ1) is 17.8. The molecule has 0 bridgehead atoms. The van der Waals surface area contributed by atoms with E-state index in [0.29, 0.717) is 5.56 Å². The van der Waals surface area contributed by atoms with Crippen molar-refractivity contribution in [1.29, 1.82) is 0 Å². The lowest BCUT2D eigenvalue weighted by molar-refractivity contribution is 0.222. The molecule has 0 amide bonds. The van der Waals surface area contributed by atoms with Gasteiger partial charge in [0.15, 0.2) is 0 Å². The minimum absolute atomic E-state index is 0.0300. The molecule has 0 saturated heterocycles. The Kier molecular flexibility index (Phi) is 10.4. The SMILES string of the molecule is CCCC[C@H]1CC[C@H](CCC2CCC(c3cc(F)c(CCc4cc(F)c(Cl)c(F)c4)c(F)c3)CC2)CC1. The first kappa shape index (κ1) is 28.5. The third-order valence-electron chi connectivity index (χ3n) is 9.10. The Morgan fingerprint density at radius 2 is 1.14 bits per heavy atom. The quantitative estimate of drug-likeness (QED) is 0.209. The molecule has 5 heteroatoms. The first-order valence-corrected chi connectivity index (χ1v) is 14.8. The molecule has 2 saturated carbocycles. The Bertz CT molecular complexity index is 973. The molecule has 2 aliphatic carbocycles. The lowest BCUT2D eigenvalue weighted by atomic mass is 9.74. The van der Waals surface area contributed by atoms with E-state index in [1.165, 1.54) is 69.9 Å². The van der Waals surface area contributed by atoms with Crippen molar-refractivity contribution in [3.63, 3.8) is 0 Å². The van der Waals surface area contributed by atoms with E-state index in [9.17, 15) is 17.6 Å². The topological polar surface area (TPSA) is 0 Å². The maximum Gasteiger partial charge on any atom is 0.145 e. The van der Waals surface area contributed by atoms with Crippen molar-refractivity contribution >= 4 is 11.6 Å². The van der Waals surface area contributed by atoms with E-state index in [2.05, 4.69) is 6.92 Å². The molecule has 204 valence electrons. The standard InChI is InChI=1S/C32H41ClF4/c1-2-3-4-21-5-7-22(8-6-21)9-10-23-11-14-25(15-12-23)26-19-28(34)27(29(35)20-26)16-13-24-17-30(36)32(33)31(37)18-24/h17-23,25H,2-16H2,1H3/t21-,22-,23?,25?. The molecule has 0 aliphatic heterocycles. The van der Waals surface area contributed by atoms with Gasteiger partial charge in [-0.15, -0.1) is 0 Å². The summed E-state index contributed by atoms with van der Waals surface area (Å²) in [5.41, 5.74) is 1.04. The van der Waals surface area contributed by atoms with Gasteiger partial charge >= 0.3 is 0 Å². The second-order valence-corrected chi connectivity index (χ2v) is 12.0. The van der Waals surface area contributed by atoms with Crippen LogP contribution in [0.5, 0.6) is 0 Å². The lowest BCUT2D eigenvalue weighted by Gasteiger charge is -2.32. The predicted octanol–water partition coefficient (Wildman–Crippen LogP) is 10.7. The highest BCUT2D eigenvalue weighted by molar-refractivity contribution is 6.30. The van der Waals surface area contributed by atoms with E-state index in [1.54, 1.807) is 0 Å². The number of halogens is 5. The molecule has 0 aromatic heterocycles. The van der Waals surface area contributed by atoms with Gasteiger partial charge in [0.25, 0.3) is 0 Å². The maximum absolute atomic E-state index is 14.9. The van der Waals surface area contributed by atoms with Crippen LogP contribution in [0.3, 0.4) is 0 Å². The van der Waals surface area contributed by atoms with Crippen LogP contribution in [0, 0.1) is 41.0 Å². The van der Waals surface area contributed by atoms with Gasteiger partial charge in [-0.3, -0.25) is 0 Å². The summed E-state index contributed by atoms with van der Waals surface area (Å²) in [5, 5.41) is -0.565. The van der Waals surface area contributed by atoms with Crippen molar-refractivity contribution in [3.05, 3.63) is 69.2 Å². The van der Waals surface area contributed by atoms with E-state index < -0.39 is 28.3 Å². The molecule has 2 aromatic carbocycles. The highest BCUT2D eigenvalue weighted by Gasteiger charge is 2.26. The molecule has 0 heterocycles. The van der Waals surface area contributed by atoms with Crippen LogP contribution >= 0.6 is 11.6 Å². The summed E-state index contributed by atoms with van der Waals surface area (Å²) in [5.74, 6) is -0.0692. The van der Waals surface area contributed by atoms with E-state index in [4.69, 9.17) is 11.6 Å². The van der Waals surface area contributed by atoms with Crippen molar-refractivity contribution in [2.45, 2.75) is 109 Å². The summed E-state index contributed by atoms with van der Waals surface area (Å²) >= 11 is 5.52. The van der Waals surface area contributed by atoms with Crippen LogP contribution in [0.25, 0.3) is 0 Å². The second kappa shape index (κ2) is 13.5. The molecule has 2 aliphatic rings. The Labute approximate surface area is 225 Å². The summed E-state index contributed by atoms with van der Waals surface area (Å²) < 4.78 is 57.1. The van der Waals surface area contributed by atoms with Crippen molar-refractivity contribution in [1.82, 2.24) is 0 Å². The van der Waals surface area contributed by atoms with E-state index in [0.717, 1.165) is 61.1 Å². The number of aryl methyl sites for hydroxylation is 1. The Balaban J connectivity index is 1.24. The zero-order chi connectivity index (χ0) is 26.4. The minimum atomic E-state index is -0.863. The van der Waals surface area contributed by atoms with Crippen LogP contribution in [0.2, 0.25) is 5.02 Å². The predicted molar refractivity (Wildman–Crippen MR) is 144 cm³/mol. The average Bonchev–Trinajstić information content (AvgIpc) is 2.89. The van der Waals surface area contributed by atoms with Crippen LogP contribution in [0.15, 0.2) is 24.3 Å². The highest BCUT2D eigenvalue weighted by Crippen LogP contribution is 2.41. The van der Waals surface area contributed by atoms with E-state index in [1.807, 2.05) is 0 Å². The summed E-state index contributed by atoms with van der Waals surface area (Å²) in [6.45, 7) is 2.28. The molecule has 37 heavy (non-hydrogen) atoms. The van der Waals surface area contributed by atoms with Crippen LogP contribution in [-0.2, 0) is 12.8 Å². The van der Waals surface area contributed by atoms with Crippen molar-refractivity contribution in [2.24, 2.45) is 17.8 Å². The summed E-state index contributed by atoms with van der Waals surface area (Å²) in [4.78, 5) is 0. The van der Waals surface area contributed by atoms with Gasteiger partial charge in [0.05, 0.1) is 0 Å². The zero-order valence-electron chi connectivity index (χ0n) is 22.1. The Morgan fingerprint density at radius 3 is 1.65 bits per heavy atom. The number of unbranched alkanes of at least 4 members (excludes halogenated alkanes) is 1. The number of hydrogen-bond donors (Lipinski definition) is 0. The van der Waals surface area contributed by atoms with Gasteiger partial charge in [0.1, 0.15) is 28.3 Å². The third-order valence-corrected chi connectivity index (χ3v) is 9.47. The average molecular weight is 537 g/mol. The van der Waals surface area contributed by atoms with Crippen LogP contribution in [0.1, 0.15) is 113 Å². The Morgan fingerprint density at radius 1 is 0.649 bits per heavy atom. The normalized spacial score (nSPS) is 24.4.